The Balaban J connectivity index is 1.42. The van der Waals surface area contributed by atoms with E-state index in [0.717, 1.165) is 5.75 Å². The van der Waals surface area contributed by atoms with Crippen LogP contribution in [0.3, 0.4) is 0 Å². The monoisotopic (exact) mass is 330 g/mol. The third kappa shape index (κ3) is 3.75. The summed E-state index contributed by atoms with van der Waals surface area (Å²) >= 11 is 0. The van der Waals surface area contributed by atoms with Crippen molar-refractivity contribution in [3.63, 3.8) is 0 Å². The minimum atomic E-state index is -0.0685. The molecule has 2 aliphatic heterocycles. The van der Waals surface area contributed by atoms with Crippen molar-refractivity contribution >= 4 is 17.7 Å². The number of hydrogen-bond donors (Lipinski definition) is 0. The van der Waals surface area contributed by atoms with E-state index in [4.69, 9.17) is 4.74 Å². The van der Waals surface area contributed by atoms with Gasteiger partial charge in [-0.15, -0.1) is 0 Å². The Bertz CT molecular complexity index is 593. The number of para-hydroxylation sites is 1. The molecule has 3 rings (SSSR count). The van der Waals surface area contributed by atoms with Gasteiger partial charge >= 0.3 is 0 Å². The molecule has 0 aliphatic carbocycles. The van der Waals surface area contributed by atoms with Crippen molar-refractivity contribution in [2.45, 2.75) is 38.1 Å². The summed E-state index contributed by atoms with van der Waals surface area (Å²) < 4.78 is 5.55. The van der Waals surface area contributed by atoms with Gasteiger partial charge < -0.3 is 9.64 Å². The summed E-state index contributed by atoms with van der Waals surface area (Å²) in [5.41, 5.74) is 0. The fraction of sp³-hybridized carbons (Fsp3) is 0.500. The van der Waals surface area contributed by atoms with Crippen molar-refractivity contribution in [1.82, 2.24) is 9.80 Å². The topological polar surface area (TPSA) is 66.9 Å². The lowest BCUT2D eigenvalue weighted by Gasteiger charge is -2.35. The smallest absolute Gasteiger partial charge is 0.229 e. The van der Waals surface area contributed by atoms with Gasteiger partial charge in [-0.1, -0.05) is 18.2 Å². The van der Waals surface area contributed by atoms with E-state index in [-0.39, 0.29) is 23.8 Å². The number of carbonyl (C=O) groups excluding carboxylic acids is 3. The van der Waals surface area contributed by atoms with Gasteiger partial charge in [0.25, 0.3) is 0 Å². The number of rotatable bonds is 5. The van der Waals surface area contributed by atoms with Crippen LogP contribution in [0.2, 0.25) is 0 Å². The van der Waals surface area contributed by atoms with Gasteiger partial charge in [0.05, 0.1) is 13.0 Å². The highest BCUT2D eigenvalue weighted by Gasteiger charge is 2.37. The van der Waals surface area contributed by atoms with Gasteiger partial charge in [0, 0.05) is 32.0 Å². The summed E-state index contributed by atoms with van der Waals surface area (Å²) in [6.07, 6.45) is 2.33. The number of nitrogens with zero attached hydrogens (tertiary/aromatic N) is 2. The molecule has 2 heterocycles. The zero-order valence-corrected chi connectivity index (χ0v) is 13.6. The van der Waals surface area contributed by atoms with Gasteiger partial charge in [-0.2, -0.15) is 0 Å². The normalized spacial score (nSPS) is 19.0. The molecule has 2 aliphatic rings. The first kappa shape index (κ1) is 16.5. The van der Waals surface area contributed by atoms with Crippen LogP contribution >= 0.6 is 0 Å². The number of amides is 3. The molecule has 0 N–H and O–H groups in total. The zero-order chi connectivity index (χ0) is 16.9. The molecule has 0 unspecified atom stereocenters. The van der Waals surface area contributed by atoms with Crippen LogP contribution in [-0.2, 0) is 14.4 Å². The number of imide groups is 1. The van der Waals surface area contributed by atoms with Gasteiger partial charge in [0.2, 0.25) is 17.7 Å². The molecule has 2 fully saturated rings. The molecular formula is C18H22N2O4. The number of hydrogen-bond acceptors (Lipinski definition) is 4. The van der Waals surface area contributed by atoms with Gasteiger partial charge in [-0.3, -0.25) is 19.3 Å². The van der Waals surface area contributed by atoms with Gasteiger partial charge in [-0.05, 0) is 25.0 Å². The Morgan fingerprint density at radius 1 is 1.04 bits per heavy atom. The summed E-state index contributed by atoms with van der Waals surface area (Å²) in [6.45, 7) is 1.53. The Labute approximate surface area is 141 Å². The summed E-state index contributed by atoms with van der Waals surface area (Å²) in [5, 5.41) is 0. The lowest BCUT2D eigenvalue weighted by atomic mass is 10.0. The molecule has 0 spiro atoms. The quantitative estimate of drug-likeness (QED) is 0.769. The van der Waals surface area contributed by atoms with E-state index >= 15 is 0 Å². The molecule has 6 nitrogen and oxygen atoms in total. The van der Waals surface area contributed by atoms with Gasteiger partial charge in [0.15, 0.2) is 0 Å². The Morgan fingerprint density at radius 3 is 2.29 bits per heavy atom. The molecular weight excluding hydrogens is 308 g/mol. The van der Waals surface area contributed by atoms with E-state index in [1.807, 2.05) is 30.3 Å². The van der Waals surface area contributed by atoms with E-state index in [1.165, 1.54) is 4.90 Å². The average Bonchev–Trinajstić information content (AvgIpc) is 2.94. The first-order chi connectivity index (χ1) is 11.6. The van der Waals surface area contributed by atoms with Crippen molar-refractivity contribution in [1.29, 1.82) is 0 Å². The third-order valence-corrected chi connectivity index (χ3v) is 4.60. The summed E-state index contributed by atoms with van der Waals surface area (Å²) in [4.78, 5) is 39.0. The van der Waals surface area contributed by atoms with Crippen LogP contribution in [0, 0.1) is 0 Å². The van der Waals surface area contributed by atoms with Crippen LogP contribution in [0.5, 0.6) is 5.75 Å². The largest absolute Gasteiger partial charge is 0.493 e. The highest BCUT2D eigenvalue weighted by atomic mass is 16.5. The predicted molar refractivity (Wildman–Crippen MR) is 87.2 cm³/mol. The zero-order valence-electron chi connectivity index (χ0n) is 13.6. The van der Waals surface area contributed by atoms with Crippen LogP contribution in [0.4, 0.5) is 0 Å². The molecule has 3 amide bonds. The number of benzene rings is 1. The van der Waals surface area contributed by atoms with Crippen LogP contribution in [0.1, 0.15) is 32.1 Å². The molecule has 0 radical (unpaired) electrons. The van der Waals surface area contributed by atoms with E-state index < -0.39 is 0 Å². The van der Waals surface area contributed by atoms with Crippen LogP contribution < -0.4 is 4.74 Å². The minimum Gasteiger partial charge on any atom is -0.493 e. The minimum absolute atomic E-state index is 0.0443. The Hall–Kier alpha value is -2.37. The summed E-state index contributed by atoms with van der Waals surface area (Å²) in [7, 11) is 0. The lowest BCUT2D eigenvalue weighted by molar-refractivity contribution is -0.142. The maximum absolute atomic E-state index is 12.2. The third-order valence-electron chi connectivity index (χ3n) is 4.60. The van der Waals surface area contributed by atoms with Crippen LogP contribution in [-0.4, -0.2) is 53.3 Å². The average molecular weight is 330 g/mol. The second-order valence-electron chi connectivity index (χ2n) is 6.18. The fourth-order valence-electron chi connectivity index (χ4n) is 3.31. The number of piperidine rings is 1. The molecule has 0 atom stereocenters. The van der Waals surface area contributed by atoms with Crippen molar-refractivity contribution in [2.75, 3.05) is 19.7 Å². The fourth-order valence-corrected chi connectivity index (χ4v) is 3.31. The highest BCUT2D eigenvalue weighted by molar-refractivity contribution is 6.02. The van der Waals surface area contributed by atoms with E-state index in [0.29, 0.717) is 51.8 Å². The first-order valence-electron chi connectivity index (χ1n) is 8.45. The Morgan fingerprint density at radius 2 is 1.67 bits per heavy atom. The molecule has 2 saturated heterocycles. The molecule has 24 heavy (non-hydrogen) atoms. The molecule has 0 aromatic heterocycles. The van der Waals surface area contributed by atoms with Gasteiger partial charge in [0.1, 0.15) is 5.75 Å². The standard InChI is InChI=1S/C18H22N2O4/c21-16(10-13-24-15-4-2-1-3-5-15)19-11-8-14(9-12-19)20-17(22)6-7-18(20)23/h1-5,14H,6-13H2. The van der Waals surface area contributed by atoms with Crippen LogP contribution in [0.15, 0.2) is 30.3 Å². The second-order valence-corrected chi connectivity index (χ2v) is 6.18. The molecule has 128 valence electrons. The van der Waals surface area contributed by atoms with Crippen LogP contribution in [0.25, 0.3) is 0 Å². The van der Waals surface area contributed by atoms with Crippen molar-refractivity contribution in [2.24, 2.45) is 0 Å². The molecule has 1 aromatic rings. The Kier molecular flexibility index (Phi) is 5.13. The summed E-state index contributed by atoms with van der Waals surface area (Å²) in [6, 6.07) is 9.38. The first-order valence-corrected chi connectivity index (χ1v) is 8.45. The molecule has 0 saturated carbocycles. The number of carbonyl (C=O) groups is 3. The molecule has 6 heteroatoms. The van der Waals surface area contributed by atoms with Crippen molar-refractivity contribution < 1.29 is 19.1 Å². The number of likely N-dealkylation sites (tertiary alicyclic amines) is 2. The predicted octanol–water partition coefficient (Wildman–Crippen LogP) is 1.60. The van der Waals surface area contributed by atoms with E-state index in [1.54, 1.807) is 4.90 Å². The van der Waals surface area contributed by atoms with E-state index in [2.05, 4.69) is 0 Å². The molecule has 0 bridgehead atoms. The SMILES string of the molecule is O=C(CCOc1ccccc1)N1CCC(N2C(=O)CCC2=O)CC1. The van der Waals surface area contributed by atoms with Crippen molar-refractivity contribution in [3.8, 4) is 5.75 Å². The highest BCUT2D eigenvalue weighted by Crippen LogP contribution is 2.23. The number of ether oxygens (including phenoxy) is 1. The lowest BCUT2D eigenvalue weighted by Crippen LogP contribution is -2.48. The second kappa shape index (κ2) is 7.47. The maximum atomic E-state index is 12.2. The van der Waals surface area contributed by atoms with Gasteiger partial charge in [-0.25, -0.2) is 0 Å². The maximum Gasteiger partial charge on any atom is 0.229 e. The van der Waals surface area contributed by atoms with Crippen molar-refractivity contribution in [3.05, 3.63) is 30.3 Å². The van der Waals surface area contributed by atoms with E-state index in [9.17, 15) is 14.4 Å². The molecule has 1 aromatic carbocycles. The summed E-state index contributed by atoms with van der Waals surface area (Å²) in [5.74, 6) is 0.681.